The van der Waals surface area contributed by atoms with Gasteiger partial charge in [-0.15, -0.1) is 0 Å². The molecule has 1 fully saturated rings. The van der Waals surface area contributed by atoms with E-state index in [0.29, 0.717) is 11.4 Å². The lowest BCUT2D eigenvalue weighted by molar-refractivity contribution is -0.139. The molecule has 0 aromatic heterocycles. The third-order valence-electron chi connectivity index (χ3n) is 2.78. The fraction of sp³-hybridized carbons (Fsp3) is 0.250. The van der Waals surface area contributed by atoms with Crippen LogP contribution < -0.4 is 15.0 Å². The number of carbonyl (C=O) groups excluding carboxylic acids is 2. The monoisotopic (exact) mass is 264 g/mol. The van der Waals surface area contributed by atoms with Gasteiger partial charge >= 0.3 is 12.0 Å². The van der Waals surface area contributed by atoms with Crippen molar-refractivity contribution in [3.63, 3.8) is 0 Å². The van der Waals surface area contributed by atoms with Crippen molar-refractivity contribution in [1.29, 1.82) is 0 Å². The molecule has 0 unspecified atom stereocenters. The molecule has 1 atom stereocenters. The molecule has 7 nitrogen and oxygen atoms in total. The van der Waals surface area contributed by atoms with Crippen molar-refractivity contribution >= 4 is 23.6 Å². The standard InChI is InChI=1S/C12H12N2O5/c1-19-8-4-2-7(3-5-8)14-9(6-10(15)16)11(17)13-12(14)18/h2-5,9H,6H2,1H3,(H,15,16)(H,13,17,18)/t9-/m1/s1. The fourth-order valence-electron chi connectivity index (χ4n) is 1.90. The summed E-state index contributed by atoms with van der Waals surface area (Å²) in [7, 11) is 1.51. The zero-order valence-corrected chi connectivity index (χ0v) is 10.1. The van der Waals surface area contributed by atoms with E-state index in [2.05, 4.69) is 5.32 Å². The number of carboxylic acid groups (broad SMARTS) is 1. The van der Waals surface area contributed by atoms with Crippen molar-refractivity contribution in [2.24, 2.45) is 0 Å². The van der Waals surface area contributed by atoms with Gasteiger partial charge in [-0.2, -0.15) is 0 Å². The van der Waals surface area contributed by atoms with E-state index in [9.17, 15) is 14.4 Å². The second kappa shape index (κ2) is 4.97. The van der Waals surface area contributed by atoms with Crippen LogP contribution in [-0.2, 0) is 9.59 Å². The van der Waals surface area contributed by atoms with E-state index in [0.717, 1.165) is 4.90 Å². The average Bonchev–Trinajstić information content (AvgIpc) is 2.64. The van der Waals surface area contributed by atoms with Crippen LogP contribution in [0.2, 0.25) is 0 Å². The number of ether oxygens (including phenoxy) is 1. The summed E-state index contributed by atoms with van der Waals surface area (Å²) in [5.74, 6) is -1.15. The summed E-state index contributed by atoms with van der Waals surface area (Å²) < 4.78 is 4.99. The van der Waals surface area contributed by atoms with Gasteiger partial charge in [-0.1, -0.05) is 0 Å². The van der Waals surface area contributed by atoms with Crippen molar-refractivity contribution in [1.82, 2.24) is 5.32 Å². The molecule has 0 spiro atoms. The molecule has 1 aromatic rings. The Balaban J connectivity index is 2.30. The minimum absolute atomic E-state index is 0.440. The van der Waals surface area contributed by atoms with Gasteiger partial charge in [0.15, 0.2) is 0 Å². The quantitative estimate of drug-likeness (QED) is 0.776. The van der Waals surface area contributed by atoms with Crippen LogP contribution in [0.5, 0.6) is 5.75 Å². The second-order valence-electron chi connectivity index (χ2n) is 3.98. The van der Waals surface area contributed by atoms with Crippen molar-refractivity contribution < 1.29 is 24.2 Å². The van der Waals surface area contributed by atoms with Gasteiger partial charge in [0, 0.05) is 5.69 Å². The summed E-state index contributed by atoms with van der Waals surface area (Å²) in [6, 6.07) is 4.78. The summed E-state index contributed by atoms with van der Waals surface area (Å²) >= 11 is 0. The van der Waals surface area contributed by atoms with Crippen LogP contribution in [0.25, 0.3) is 0 Å². The Bertz CT molecular complexity index is 525. The molecule has 3 amide bonds. The fourth-order valence-corrected chi connectivity index (χ4v) is 1.90. The molecule has 1 aliphatic rings. The molecule has 1 saturated heterocycles. The molecule has 2 rings (SSSR count). The summed E-state index contributed by atoms with van der Waals surface area (Å²) in [5.41, 5.74) is 0.440. The lowest BCUT2D eigenvalue weighted by Gasteiger charge is -2.20. The number of nitrogens with one attached hydrogen (secondary N) is 1. The van der Waals surface area contributed by atoms with E-state index in [1.807, 2.05) is 0 Å². The molecule has 19 heavy (non-hydrogen) atoms. The number of methoxy groups -OCH3 is 1. The highest BCUT2D eigenvalue weighted by Gasteiger charge is 2.40. The molecular formula is C12H12N2O5. The highest BCUT2D eigenvalue weighted by atomic mass is 16.5. The van der Waals surface area contributed by atoms with Gasteiger partial charge in [-0.25, -0.2) is 4.79 Å². The first kappa shape index (κ1) is 12.9. The van der Waals surface area contributed by atoms with Crippen molar-refractivity contribution in [2.75, 3.05) is 12.0 Å². The zero-order valence-electron chi connectivity index (χ0n) is 10.1. The highest BCUT2D eigenvalue weighted by Crippen LogP contribution is 2.25. The van der Waals surface area contributed by atoms with Crippen molar-refractivity contribution in [3.05, 3.63) is 24.3 Å². The molecular weight excluding hydrogens is 252 g/mol. The molecule has 1 aliphatic heterocycles. The first-order valence-electron chi connectivity index (χ1n) is 5.53. The molecule has 100 valence electrons. The summed E-state index contributed by atoms with van der Waals surface area (Å²) in [6.07, 6.45) is -0.441. The van der Waals surface area contributed by atoms with Crippen LogP contribution in [0.15, 0.2) is 24.3 Å². The Morgan fingerprint density at radius 1 is 1.37 bits per heavy atom. The minimum atomic E-state index is -1.15. The number of hydrogen-bond acceptors (Lipinski definition) is 4. The number of hydrogen-bond donors (Lipinski definition) is 2. The van der Waals surface area contributed by atoms with E-state index >= 15 is 0 Å². The van der Waals surface area contributed by atoms with E-state index in [1.165, 1.54) is 7.11 Å². The number of carbonyl (C=O) groups is 3. The van der Waals surface area contributed by atoms with Gasteiger partial charge < -0.3 is 9.84 Å². The number of urea groups is 1. The highest BCUT2D eigenvalue weighted by molar-refractivity contribution is 6.15. The Morgan fingerprint density at radius 2 is 2.00 bits per heavy atom. The maximum atomic E-state index is 11.7. The number of benzene rings is 1. The summed E-state index contributed by atoms with van der Waals surface area (Å²) in [4.78, 5) is 35.1. The molecule has 1 heterocycles. The number of imide groups is 1. The van der Waals surface area contributed by atoms with Crippen LogP contribution in [0, 0.1) is 0 Å². The molecule has 0 radical (unpaired) electrons. The maximum absolute atomic E-state index is 11.7. The largest absolute Gasteiger partial charge is 0.497 e. The molecule has 7 heteroatoms. The number of nitrogens with zero attached hydrogens (tertiary/aromatic N) is 1. The maximum Gasteiger partial charge on any atom is 0.329 e. The topological polar surface area (TPSA) is 95.9 Å². The lowest BCUT2D eigenvalue weighted by atomic mass is 10.1. The summed E-state index contributed by atoms with van der Waals surface area (Å²) in [6.45, 7) is 0. The molecule has 2 N–H and O–H groups in total. The first-order valence-corrected chi connectivity index (χ1v) is 5.53. The normalized spacial score (nSPS) is 18.4. The predicted molar refractivity (Wildman–Crippen MR) is 65.1 cm³/mol. The molecule has 1 aromatic carbocycles. The Labute approximate surface area is 108 Å². The van der Waals surface area contributed by atoms with Gasteiger partial charge in [-0.05, 0) is 24.3 Å². The number of anilines is 1. The summed E-state index contributed by atoms with van der Waals surface area (Å²) in [5, 5.41) is 10.9. The number of rotatable bonds is 4. The predicted octanol–water partition coefficient (Wildman–Crippen LogP) is 0.595. The van der Waals surface area contributed by atoms with Gasteiger partial charge in [0.1, 0.15) is 11.8 Å². The lowest BCUT2D eigenvalue weighted by Crippen LogP contribution is -2.36. The molecule has 0 saturated carbocycles. The Kier molecular flexibility index (Phi) is 3.37. The Morgan fingerprint density at radius 3 is 2.53 bits per heavy atom. The van der Waals surface area contributed by atoms with Gasteiger partial charge in [-0.3, -0.25) is 19.8 Å². The van der Waals surface area contributed by atoms with Crippen molar-refractivity contribution in [3.8, 4) is 5.75 Å². The third kappa shape index (κ3) is 2.49. The van der Waals surface area contributed by atoms with Gasteiger partial charge in [0.05, 0.1) is 13.5 Å². The second-order valence-corrected chi connectivity index (χ2v) is 3.98. The first-order chi connectivity index (χ1) is 9.02. The van der Waals surface area contributed by atoms with E-state index in [4.69, 9.17) is 9.84 Å². The van der Waals surface area contributed by atoms with E-state index in [-0.39, 0.29) is 0 Å². The Hall–Kier alpha value is -2.57. The average molecular weight is 264 g/mol. The van der Waals surface area contributed by atoms with Crippen LogP contribution in [-0.4, -0.2) is 36.2 Å². The smallest absolute Gasteiger partial charge is 0.329 e. The van der Waals surface area contributed by atoms with Gasteiger partial charge in [0.2, 0.25) is 0 Å². The molecule has 0 aliphatic carbocycles. The number of carboxylic acids is 1. The number of amides is 3. The third-order valence-corrected chi connectivity index (χ3v) is 2.78. The number of aliphatic carboxylic acids is 1. The van der Waals surface area contributed by atoms with Crippen LogP contribution in [0.3, 0.4) is 0 Å². The van der Waals surface area contributed by atoms with Crippen LogP contribution in [0.1, 0.15) is 6.42 Å². The van der Waals surface area contributed by atoms with E-state index in [1.54, 1.807) is 24.3 Å². The van der Waals surface area contributed by atoms with E-state index < -0.39 is 30.4 Å². The minimum Gasteiger partial charge on any atom is -0.497 e. The van der Waals surface area contributed by atoms with Crippen LogP contribution in [0.4, 0.5) is 10.5 Å². The SMILES string of the molecule is COc1ccc(N2C(=O)NC(=O)[C@H]2CC(=O)O)cc1. The van der Waals surface area contributed by atoms with Crippen LogP contribution >= 0.6 is 0 Å². The van der Waals surface area contributed by atoms with Gasteiger partial charge in [0.25, 0.3) is 5.91 Å². The van der Waals surface area contributed by atoms with Crippen molar-refractivity contribution in [2.45, 2.75) is 12.5 Å². The molecule has 0 bridgehead atoms. The zero-order chi connectivity index (χ0) is 14.0.